The van der Waals surface area contributed by atoms with E-state index in [0.717, 1.165) is 17.4 Å². The van der Waals surface area contributed by atoms with E-state index in [2.05, 4.69) is 5.32 Å². The standard InChI is InChI=1S/C15H14F2N2S/c1-19(2)14-5-3-13(4-6-14)18-15(20)10-7-11(16)9-12(17)8-10/h3-9H,1-2H3,(H,18,20). The summed E-state index contributed by atoms with van der Waals surface area (Å²) >= 11 is 5.15. The van der Waals surface area contributed by atoms with Crippen molar-refractivity contribution in [2.24, 2.45) is 0 Å². The van der Waals surface area contributed by atoms with Gasteiger partial charge in [0.2, 0.25) is 0 Å². The van der Waals surface area contributed by atoms with Gasteiger partial charge < -0.3 is 10.2 Å². The Kier molecular flexibility index (Phi) is 4.29. The van der Waals surface area contributed by atoms with Gasteiger partial charge in [0.25, 0.3) is 0 Å². The van der Waals surface area contributed by atoms with E-state index in [4.69, 9.17) is 12.2 Å². The predicted molar refractivity (Wildman–Crippen MR) is 82.4 cm³/mol. The molecule has 0 aliphatic carbocycles. The van der Waals surface area contributed by atoms with Crippen LogP contribution in [0.15, 0.2) is 42.5 Å². The molecule has 0 aromatic heterocycles. The summed E-state index contributed by atoms with van der Waals surface area (Å²) < 4.78 is 26.3. The van der Waals surface area contributed by atoms with E-state index in [1.54, 1.807) is 0 Å². The van der Waals surface area contributed by atoms with E-state index in [-0.39, 0.29) is 4.99 Å². The number of hydrogen-bond acceptors (Lipinski definition) is 2. The van der Waals surface area contributed by atoms with Gasteiger partial charge in [-0.1, -0.05) is 12.2 Å². The molecule has 0 bridgehead atoms. The topological polar surface area (TPSA) is 15.3 Å². The minimum atomic E-state index is -0.646. The van der Waals surface area contributed by atoms with E-state index in [9.17, 15) is 8.78 Å². The number of benzene rings is 2. The van der Waals surface area contributed by atoms with Crippen molar-refractivity contribution < 1.29 is 8.78 Å². The van der Waals surface area contributed by atoms with Crippen LogP contribution in [0.1, 0.15) is 5.56 Å². The van der Waals surface area contributed by atoms with Crippen molar-refractivity contribution in [3.63, 3.8) is 0 Å². The maximum Gasteiger partial charge on any atom is 0.126 e. The van der Waals surface area contributed by atoms with Crippen LogP contribution in [0.4, 0.5) is 20.2 Å². The molecule has 0 heterocycles. The highest BCUT2D eigenvalue weighted by atomic mass is 32.1. The molecule has 0 saturated heterocycles. The second-order valence-electron chi connectivity index (χ2n) is 4.55. The molecule has 0 fully saturated rings. The number of rotatable bonds is 3. The van der Waals surface area contributed by atoms with Crippen LogP contribution in [0.25, 0.3) is 0 Å². The Balaban J connectivity index is 2.14. The van der Waals surface area contributed by atoms with Gasteiger partial charge in [0, 0.05) is 37.1 Å². The quantitative estimate of drug-likeness (QED) is 0.866. The van der Waals surface area contributed by atoms with Crippen LogP contribution in [0, 0.1) is 11.6 Å². The minimum Gasteiger partial charge on any atom is -0.378 e. The summed E-state index contributed by atoms with van der Waals surface area (Å²) in [5.41, 5.74) is 2.14. The zero-order valence-electron chi connectivity index (χ0n) is 11.2. The molecule has 20 heavy (non-hydrogen) atoms. The fourth-order valence-corrected chi connectivity index (χ4v) is 1.97. The summed E-state index contributed by atoms with van der Waals surface area (Å²) in [5.74, 6) is -1.29. The molecule has 5 heteroatoms. The monoisotopic (exact) mass is 292 g/mol. The van der Waals surface area contributed by atoms with Crippen molar-refractivity contribution in [3.8, 4) is 0 Å². The molecular formula is C15H14F2N2S. The first-order valence-corrected chi connectivity index (χ1v) is 6.41. The predicted octanol–water partition coefficient (Wildman–Crippen LogP) is 3.82. The highest BCUT2D eigenvalue weighted by molar-refractivity contribution is 7.81. The van der Waals surface area contributed by atoms with Gasteiger partial charge in [0.05, 0.1) is 0 Å². The third-order valence-corrected chi connectivity index (χ3v) is 3.10. The first-order valence-electron chi connectivity index (χ1n) is 6.00. The molecule has 0 unspecified atom stereocenters. The molecule has 0 aliphatic heterocycles. The van der Waals surface area contributed by atoms with Crippen molar-refractivity contribution >= 4 is 28.6 Å². The Morgan fingerprint density at radius 1 is 1.00 bits per heavy atom. The van der Waals surface area contributed by atoms with Gasteiger partial charge in [-0.05, 0) is 36.4 Å². The number of nitrogens with zero attached hydrogens (tertiary/aromatic N) is 1. The lowest BCUT2D eigenvalue weighted by Crippen LogP contribution is -2.12. The summed E-state index contributed by atoms with van der Waals surface area (Å²) in [6.07, 6.45) is 0. The Hall–Kier alpha value is -2.01. The summed E-state index contributed by atoms with van der Waals surface area (Å²) in [7, 11) is 3.89. The third kappa shape index (κ3) is 3.51. The molecule has 0 amide bonds. The lowest BCUT2D eigenvalue weighted by molar-refractivity contribution is 0.583. The molecule has 0 spiro atoms. The molecule has 0 radical (unpaired) electrons. The smallest absolute Gasteiger partial charge is 0.126 e. The second kappa shape index (κ2) is 5.96. The van der Waals surface area contributed by atoms with Crippen LogP contribution in [0.2, 0.25) is 0 Å². The van der Waals surface area contributed by atoms with Crippen molar-refractivity contribution in [2.45, 2.75) is 0 Å². The van der Waals surface area contributed by atoms with Crippen LogP contribution < -0.4 is 10.2 Å². The largest absolute Gasteiger partial charge is 0.378 e. The average molecular weight is 292 g/mol. The summed E-state index contributed by atoms with van der Waals surface area (Å²) in [6.45, 7) is 0. The van der Waals surface area contributed by atoms with Crippen molar-refractivity contribution in [2.75, 3.05) is 24.3 Å². The van der Waals surface area contributed by atoms with E-state index in [1.807, 2.05) is 43.3 Å². The van der Waals surface area contributed by atoms with E-state index in [1.165, 1.54) is 12.1 Å². The van der Waals surface area contributed by atoms with Crippen LogP contribution in [-0.2, 0) is 0 Å². The Labute approximate surface area is 122 Å². The molecule has 2 aromatic carbocycles. The molecule has 1 N–H and O–H groups in total. The highest BCUT2D eigenvalue weighted by Crippen LogP contribution is 2.17. The van der Waals surface area contributed by atoms with Gasteiger partial charge in [-0.25, -0.2) is 8.78 Å². The second-order valence-corrected chi connectivity index (χ2v) is 4.96. The van der Waals surface area contributed by atoms with Gasteiger partial charge >= 0.3 is 0 Å². The maximum atomic E-state index is 13.1. The van der Waals surface area contributed by atoms with Gasteiger partial charge in [-0.15, -0.1) is 0 Å². The number of nitrogens with one attached hydrogen (secondary N) is 1. The lowest BCUT2D eigenvalue weighted by atomic mass is 10.2. The molecule has 0 aliphatic rings. The first-order chi connectivity index (χ1) is 9.45. The van der Waals surface area contributed by atoms with Gasteiger partial charge in [0.1, 0.15) is 16.6 Å². The van der Waals surface area contributed by atoms with Crippen LogP contribution in [0.3, 0.4) is 0 Å². The Bertz CT molecular complexity index is 604. The number of hydrogen-bond donors (Lipinski definition) is 1. The SMILES string of the molecule is CN(C)c1ccc(NC(=S)c2cc(F)cc(F)c2)cc1. The highest BCUT2D eigenvalue weighted by Gasteiger charge is 2.06. The zero-order chi connectivity index (χ0) is 14.7. The Morgan fingerprint density at radius 2 is 1.55 bits per heavy atom. The first kappa shape index (κ1) is 14.4. The van der Waals surface area contributed by atoms with Crippen molar-refractivity contribution in [3.05, 3.63) is 59.7 Å². The lowest BCUT2D eigenvalue weighted by Gasteiger charge is -2.13. The number of thiocarbonyl (C=S) groups is 1. The Morgan fingerprint density at radius 3 is 2.05 bits per heavy atom. The van der Waals surface area contributed by atoms with Gasteiger partial charge in [-0.2, -0.15) is 0 Å². The summed E-state index contributed by atoms with van der Waals surface area (Å²) in [6, 6.07) is 10.8. The van der Waals surface area contributed by atoms with Crippen molar-refractivity contribution in [1.82, 2.24) is 0 Å². The van der Waals surface area contributed by atoms with E-state index >= 15 is 0 Å². The third-order valence-electron chi connectivity index (χ3n) is 2.77. The number of anilines is 2. The van der Waals surface area contributed by atoms with Crippen LogP contribution >= 0.6 is 12.2 Å². The molecule has 2 nitrogen and oxygen atoms in total. The van der Waals surface area contributed by atoms with Crippen LogP contribution in [0.5, 0.6) is 0 Å². The molecule has 0 saturated carbocycles. The van der Waals surface area contributed by atoms with Crippen LogP contribution in [-0.4, -0.2) is 19.1 Å². The fraction of sp³-hybridized carbons (Fsp3) is 0.133. The average Bonchev–Trinajstić information content (AvgIpc) is 2.38. The molecule has 2 aromatic rings. The molecule has 104 valence electrons. The normalized spacial score (nSPS) is 10.2. The van der Waals surface area contributed by atoms with Gasteiger partial charge in [0.15, 0.2) is 0 Å². The van der Waals surface area contributed by atoms with E-state index < -0.39 is 11.6 Å². The molecule has 2 rings (SSSR count). The maximum absolute atomic E-state index is 13.1. The summed E-state index contributed by atoms with van der Waals surface area (Å²) in [4.78, 5) is 2.25. The minimum absolute atomic E-state index is 0.279. The van der Waals surface area contributed by atoms with Gasteiger partial charge in [-0.3, -0.25) is 0 Å². The number of halogens is 2. The fourth-order valence-electron chi connectivity index (χ4n) is 1.73. The molecule has 0 atom stereocenters. The zero-order valence-corrected chi connectivity index (χ0v) is 12.0. The summed E-state index contributed by atoms with van der Waals surface area (Å²) in [5, 5.41) is 2.96. The molecular weight excluding hydrogens is 278 g/mol. The van der Waals surface area contributed by atoms with Crippen molar-refractivity contribution in [1.29, 1.82) is 0 Å². The van der Waals surface area contributed by atoms with E-state index in [0.29, 0.717) is 5.56 Å².